The Kier molecular flexibility index (Phi) is 4.41. The first-order valence-electron chi connectivity index (χ1n) is 6.76. The first kappa shape index (κ1) is 15.5. The number of hydrogen-bond acceptors (Lipinski definition) is 4. The number of carbonyl (C=O) groups is 1. The summed E-state index contributed by atoms with van der Waals surface area (Å²) in [6.45, 7) is 3.88. The van der Waals surface area contributed by atoms with Gasteiger partial charge in [-0.3, -0.25) is 14.9 Å². The normalized spacial score (nSPS) is 10.1. The number of aryl methyl sites for hydroxylation is 2. The largest absolute Gasteiger partial charge is 0.383 e. The lowest BCUT2D eigenvalue weighted by molar-refractivity contribution is -0.384. The van der Waals surface area contributed by atoms with Crippen LogP contribution in [0.15, 0.2) is 36.4 Å². The zero-order valence-corrected chi connectivity index (χ0v) is 12.6. The Morgan fingerprint density at radius 2 is 1.73 bits per heavy atom. The second-order valence-electron chi connectivity index (χ2n) is 5.07. The van der Waals surface area contributed by atoms with Crippen LogP contribution in [0.3, 0.4) is 0 Å². The fraction of sp³-hybridized carbons (Fsp3) is 0.188. The summed E-state index contributed by atoms with van der Waals surface area (Å²) in [5, 5.41) is 16.5. The lowest BCUT2D eigenvalue weighted by atomic mass is 10.1. The first-order chi connectivity index (χ1) is 10.4. The van der Waals surface area contributed by atoms with Gasteiger partial charge in [0.05, 0.1) is 4.92 Å². The molecule has 6 heteroatoms. The molecule has 0 aromatic heterocycles. The number of nitrogens with zero attached hydrogens (tertiary/aromatic N) is 1. The SMILES string of the molecule is CNc1ccc(C(=O)Nc2cc(C)cc(C)c2)cc1[N+](=O)[O-]. The Bertz CT molecular complexity index is 721. The van der Waals surface area contributed by atoms with E-state index in [1.165, 1.54) is 12.1 Å². The molecule has 0 spiro atoms. The van der Waals surface area contributed by atoms with Crippen molar-refractivity contribution in [3.05, 3.63) is 63.2 Å². The van der Waals surface area contributed by atoms with Gasteiger partial charge in [-0.05, 0) is 49.2 Å². The lowest BCUT2D eigenvalue weighted by Crippen LogP contribution is -2.12. The quantitative estimate of drug-likeness (QED) is 0.668. The minimum atomic E-state index is -0.514. The maximum atomic E-state index is 12.3. The topological polar surface area (TPSA) is 84.3 Å². The third-order valence-corrected chi connectivity index (χ3v) is 3.21. The van der Waals surface area contributed by atoms with Crippen LogP contribution in [-0.2, 0) is 0 Å². The standard InChI is InChI=1S/C16H17N3O3/c1-10-6-11(2)8-13(7-10)18-16(20)12-4-5-14(17-3)15(9-12)19(21)22/h4-9,17H,1-3H3,(H,18,20). The van der Waals surface area contributed by atoms with E-state index >= 15 is 0 Å². The van der Waals surface area contributed by atoms with Crippen molar-refractivity contribution in [3.8, 4) is 0 Å². The van der Waals surface area contributed by atoms with E-state index in [0.29, 0.717) is 11.4 Å². The molecule has 0 aliphatic carbocycles. The maximum Gasteiger partial charge on any atom is 0.293 e. The van der Waals surface area contributed by atoms with Gasteiger partial charge in [0.25, 0.3) is 11.6 Å². The molecule has 0 atom stereocenters. The van der Waals surface area contributed by atoms with Crippen molar-refractivity contribution in [1.29, 1.82) is 0 Å². The lowest BCUT2D eigenvalue weighted by Gasteiger charge is -2.09. The highest BCUT2D eigenvalue weighted by Gasteiger charge is 2.17. The average Bonchev–Trinajstić information content (AvgIpc) is 2.45. The van der Waals surface area contributed by atoms with E-state index in [1.54, 1.807) is 13.1 Å². The van der Waals surface area contributed by atoms with Gasteiger partial charge in [-0.2, -0.15) is 0 Å². The molecule has 0 radical (unpaired) electrons. The van der Waals surface area contributed by atoms with Crippen molar-refractivity contribution >= 4 is 23.0 Å². The monoisotopic (exact) mass is 299 g/mol. The Labute approximate surface area is 128 Å². The van der Waals surface area contributed by atoms with Crippen LogP contribution in [0.1, 0.15) is 21.5 Å². The molecule has 0 unspecified atom stereocenters. The maximum absolute atomic E-state index is 12.3. The summed E-state index contributed by atoms with van der Waals surface area (Å²) in [6, 6.07) is 10.0. The number of nitro groups is 1. The van der Waals surface area contributed by atoms with E-state index in [-0.39, 0.29) is 17.2 Å². The Hall–Kier alpha value is -2.89. The summed E-state index contributed by atoms with van der Waals surface area (Å²) in [7, 11) is 1.59. The summed E-state index contributed by atoms with van der Waals surface area (Å²) >= 11 is 0. The molecule has 0 bridgehead atoms. The van der Waals surface area contributed by atoms with Crippen molar-refractivity contribution in [1.82, 2.24) is 0 Å². The van der Waals surface area contributed by atoms with Gasteiger partial charge in [-0.15, -0.1) is 0 Å². The highest BCUT2D eigenvalue weighted by molar-refractivity contribution is 6.05. The molecule has 1 amide bonds. The van der Waals surface area contributed by atoms with E-state index in [2.05, 4.69) is 10.6 Å². The summed E-state index contributed by atoms with van der Waals surface area (Å²) in [6.07, 6.45) is 0. The van der Waals surface area contributed by atoms with Crippen LogP contribution in [0.2, 0.25) is 0 Å². The summed E-state index contributed by atoms with van der Waals surface area (Å²) < 4.78 is 0. The van der Waals surface area contributed by atoms with Crippen LogP contribution < -0.4 is 10.6 Å². The van der Waals surface area contributed by atoms with Gasteiger partial charge in [-0.25, -0.2) is 0 Å². The van der Waals surface area contributed by atoms with Crippen LogP contribution in [-0.4, -0.2) is 17.9 Å². The molecule has 0 fully saturated rings. The summed E-state index contributed by atoms with van der Waals surface area (Å²) in [5.41, 5.74) is 3.22. The Morgan fingerprint density at radius 3 is 2.27 bits per heavy atom. The third-order valence-electron chi connectivity index (χ3n) is 3.21. The van der Waals surface area contributed by atoms with Gasteiger partial charge >= 0.3 is 0 Å². The molecule has 0 saturated carbocycles. The van der Waals surface area contributed by atoms with Gasteiger partial charge in [0.15, 0.2) is 0 Å². The molecule has 114 valence electrons. The van der Waals surface area contributed by atoms with Crippen LogP contribution in [0.4, 0.5) is 17.1 Å². The van der Waals surface area contributed by atoms with Crippen molar-refractivity contribution in [2.45, 2.75) is 13.8 Å². The number of nitro benzene ring substituents is 1. The van der Waals surface area contributed by atoms with Crippen molar-refractivity contribution in [3.63, 3.8) is 0 Å². The highest BCUT2D eigenvalue weighted by Crippen LogP contribution is 2.25. The van der Waals surface area contributed by atoms with Gasteiger partial charge in [-0.1, -0.05) is 6.07 Å². The summed E-state index contributed by atoms with van der Waals surface area (Å²) in [5.74, 6) is -0.379. The molecular weight excluding hydrogens is 282 g/mol. The van der Waals surface area contributed by atoms with Gasteiger partial charge < -0.3 is 10.6 Å². The smallest absolute Gasteiger partial charge is 0.293 e. The molecule has 22 heavy (non-hydrogen) atoms. The molecule has 2 aromatic carbocycles. The van der Waals surface area contributed by atoms with Crippen LogP contribution in [0, 0.1) is 24.0 Å². The van der Waals surface area contributed by atoms with E-state index in [1.807, 2.05) is 32.0 Å². The molecule has 2 aromatic rings. The van der Waals surface area contributed by atoms with Gasteiger partial charge in [0, 0.05) is 24.4 Å². The Morgan fingerprint density at radius 1 is 1.09 bits per heavy atom. The Balaban J connectivity index is 2.29. The van der Waals surface area contributed by atoms with Crippen molar-refractivity contribution in [2.75, 3.05) is 17.7 Å². The zero-order chi connectivity index (χ0) is 16.3. The molecule has 0 aliphatic heterocycles. The molecule has 2 N–H and O–H groups in total. The number of rotatable bonds is 4. The van der Waals surface area contributed by atoms with Gasteiger partial charge in [0.2, 0.25) is 0 Å². The molecule has 0 aliphatic rings. The number of anilines is 2. The van der Waals surface area contributed by atoms with E-state index < -0.39 is 4.92 Å². The first-order valence-corrected chi connectivity index (χ1v) is 6.76. The fourth-order valence-corrected chi connectivity index (χ4v) is 2.29. The minimum Gasteiger partial charge on any atom is -0.383 e. The van der Waals surface area contributed by atoms with E-state index in [9.17, 15) is 14.9 Å². The number of hydrogen-bond donors (Lipinski definition) is 2. The minimum absolute atomic E-state index is 0.129. The van der Waals surface area contributed by atoms with Crippen molar-refractivity contribution < 1.29 is 9.72 Å². The third kappa shape index (κ3) is 3.41. The predicted octanol–water partition coefficient (Wildman–Crippen LogP) is 3.51. The number of benzene rings is 2. The molecular formula is C16H17N3O3. The predicted molar refractivity (Wildman–Crippen MR) is 86.5 cm³/mol. The van der Waals surface area contributed by atoms with Crippen LogP contribution >= 0.6 is 0 Å². The van der Waals surface area contributed by atoms with Gasteiger partial charge in [0.1, 0.15) is 5.69 Å². The van der Waals surface area contributed by atoms with E-state index in [4.69, 9.17) is 0 Å². The number of nitrogens with one attached hydrogen (secondary N) is 2. The van der Waals surface area contributed by atoms with Crippen LogP contribution in [0.25, 0.3) is 0 Å². The number of amides is 1. The highest BCUT2D eigenvalue weighted by atomic mass is 16.6. The van der Waals surface area contributed by atoms with Crippen molar-refractivity contribution in [2.24, 2.45) is 0 Å². The fourth-order valence-electron chi connectivity index (χ4n) is 2.29. The molecule has 0 saturated heterocycles. The number of carbonyl (C=O) groups excluding carboxylic acids is 1. The zero-order valence-electron chi connectivity index (χ0n) is 12.6. The van der Waals surface area contributed by atoms with E-state index in [0.717, 1.165) is 11.1 Å². The molecule has 6 nitrogen and oxygen atoms in total. The summed E-state index contributed by atoms with van der Waals surface area (Å²) in [4.78, 5) is 22.8. The average molecular weight is 299 g/mol. The van der Waals surface area contributed by atoms with Crippen LogP contribution in [0.5, 0.6) is 0 Å². The second-order valence-corrected chi connectivity index (χ2v) is 5.07. The molecule has 0 heterocycles. The second kappa shape index (κ2) is 6.26. The molecule has 2 rings (SSSR count).